The van der Waals surface area contributed by atoms with Gasteiger partial charge in [-0.3, -0.25) is 0 Å². The Morgan fingerprint density at radius 1 is 1.16 bits per heavy atom. The van der Waals surface area contributed by atoms with Crippen LogP contribution in [0, 0.1) is 5.92 Å². The van der Waals surface area contributed by atoms with E-state index in [1.54, 1.807) is 0 Å². The molecule has 0 heterocycles. The van der Waals surface area contributed by atoms with Gasteiger partial charge in [-0.1, -0.05) is 68.8 Å². The van der Waals surface area contributed by atoms with Crippen molar-refractivity contribution in [1.82, 2.24) is 0 Å². The average molecular weight is 349 g/mol. The molecule has 1 aliphatic rings. The lowest BCUT2D eigenvalue weighted by atomic mass is 9.86. The van der Waals surface area contributed by atoms with E-state index in [1.807, 2.05) is 0 Å². The van der Waals surface area contributed by atoms with E-state index in [4.69, 9.17) is 4.43 Å². The lowest BCUT2D eigenvalue weighted by molar-refractivity contribution is 0.269. The van der Waals surface area contributed by atoms with Gasteiger partial charge in [0.05, 0.1) is 0 Å². The lowest BCUT2D eigenvalue weighted by Gasteiger charge is -2.36. The summed E-state index contributed by atoms with van der Waals surface area (Å²) < 4.78 is 6.26. The number of halogens is 1. The maximum absolute atomic E-state index is 6.26. The van der Waals surface area contributed by atoms with Gasteiger partial charge in [-0.05, 0) is 36.9 Å². The summed E-state index contributed by atoms with van der Waals surface area (Å²) in [4.78, 5) is 0.653. The molecule has 114 valence electrons. The molecule has 1 saturated carbocycles. The van der Waals surface area contributed by atoms with Crippen LogP contribution in [0.1, 0.15) is 65.7 Å². The van der Waals surface area contributed by atoms with Crippen molar-refractivity contribution in [2.24, 2.45) is 5.92 Å². The van der Waals surface area contributed by atoms with Crippen LogP contribution in [0.2, 0.25) is 18.1 Å². The second-order valence-electron chi connectivity index (χ2n) is 7.73. The number of rotatable bonds is 6. The van der Waals surface area contributed by atoms with E-state index >= 15 is 0 Å². The molecular weight excluding hydrogens is 316 g/mol. The average Bonchev–Trinajstić information content (AvgIpc) is 2.28. The Morgan fingerprint density at radius 3 is 2.26 bits per heavy atom. The molecule has 0 aromatic carbocycles. The van der Waals surface area contributed by atoms with E-state index in [-0.39, 0.29) is 0 Å². The zero-order chi connectivity index (χ0) is 14.5. The highest BCUT2D eigenvalue weighted by Crippen LogP contribution is 2.37. The molecule has 0 spiro atoms. The molecule has 0 radical (unpaired) electrons. The van der Waals surface area contributed by atoms with Crippen LogP contribution in [0.4, 0.5) is 0 Å². The maximum Gasteiger partial charge on any atom is 0.191 e. The minimum atomic E-state index is -1.54. The number of hydrogen-bond donors (Lipinski definition) is 0. The molecule has 3 heteroatoms. The normalized spacial score (nSPS) is 20.5. The largest absolute Gasteiger partial charge is 0.417 e. The molecule has 0 aliphatic heterocycles. The van der Waals surface area contributed by atoms with Gasteiger partial charge in [0.1, 0.15) is 0 Å². The fourth-order valence-electron chi connectivity index (χ4n) is 2.56. The van der Waals surface area contributed by atoms with E-state index in [1.165, 1.54) is 44.9 Å². The molecule has 1 nitrogen and oxygen atoms in total. The molecular formula is C16H33BrOSi. The summed E-state index contributed by atoms with van der Waals surface area (Å²) in [6, 6.07) is 0. The summed E-state index contributed by atoms with van der Waals surface area (Å²) in [5.74, 6) is 0.964. The van der Waals surface area contributed by atoms with Crippen molar-refractivity contribution in [1.29, 1.82) is 0 Å². The Hall–Kier alpha value is 0.657. The van der Waals surface area contributed by atoms with Gasteiger partial charge in [-0.25, -0.2) is 0 Å². The minimum Gasteiger partial charge on any atom is -0.417 e. The molecule has 1 rings (SSSR count). The van der Waals surface area contributed by atoms with E-state index in [2.05, 4.69) is 49.8 Å². The monoisotopic (exact) mass is 348 g/mol. The highest BCUT2D eigenvalue weighted by Gasteiger charge is 2.37. The zero-order valence-electron chi connectivity index (χ0n) is 13.6. The molecule has 19 heavy (non-hydrogen) atoms. The third kappa shape index (κ3) is 6.30. The van der Waals surface area contributed by atoms with Crippen LogP contribution >= 0.6 is 15.9 Å². The highest BCUT2D eigenvalue weighted by atomic mass is 79.9. The summed E-state index contributed by atoms with van der Waals surface area (Å²) in [7, 11) is -1.54. The van der Waals surface area contributed by atoms with Crippen molar-refractivity contribution in [3.05, 3.63) is 0 Å². The fourth-order valence-corrected chi connectivity index (χ4v) is 4.34. The first-order valence-electron chi connectivity index (χ1n) is 8.00. The van der Waals surface area contributed by atoms with Gasteiger partial charge >= 0.3 is 0 Å². The molecule has 0 saturated heterocycles. The lowest BCUT2D eigenvalue weighted by Crippen LogP contribution is -2.41. The van der Waals surface area contributed by atoms with Crippen LogP contribution < -0.4 is 0 Å². The first-order valence-corrected chi connectivity index (χ1v) is 11.8. The Labute approximate surface area is 130 Å². The number of alkyl halides is 1. The summed E-state index contributed by atoms with van der Waals surface area (Å²) in [6.45, 7) is 12.6. The smallest absolute Gasteiger partial charge is 0.191 e. The van der Waals surface area contributed by atoms with Crippen molar-refractivity contribution < 1.29 is 4.43 Å². The third-order valence-electron chi connectivity index (χ3n) is 5.01. The van der Waals surface area contributed by atoms with Crippen LogP contribution in [0.25, 0.3) is 0 Å². The summed E-state index contributed by atoms with van der Waals surface area (Å²) >= 11 is 3.87. The van der Waals surface area contributed by atoms with Crippen molar-refractivity contribution in [3.63, 3.8) is 0 Å². The van der Waals surface area contributed by atoms with E-state index in [0.29, 0.717) is 9.87 Å². The first-order chi connectivity index (χ1) is 8.72. The Bertz CT molecular complexity index is 254. The van der Waals surface area contributed by atoms with Crippen LogP contribution in [-0.2, 0) is 4.43 Å². The van der Waals surface area contributed by atoms with Gasteiger partial charge in [0.15, 0.2) is 8.32 Å². The molecule has 0 aromatic rings. The van der Waals surface area contributed by atoms with Crippen LogP contribution in [0.5, 0.6) is 0 Å². The van der Waals surface area contributed by atoms with Crippen molar-refractivity contribution in [2.45, 2.75) is 88.7 Å². The SMILES string of the molecule is CC(C)(C)[Si](C)(C)OCCC(Br)CC1CCCCC1. The van der Waals surface area contributed by atoms with Gasteiger partial charge in [0, 0.05) is 11.4 Å². The topological polar surface area (TPSA) is 9.23 Å². The van der Waals surface area contributed by atoms with E-state index in [9.17, 15) is 0 Å². The molecule has 0 aromatic heterocycles. The molecule has 1 fully saturated rings. The van der Waals surface area contributed by atoms with E-state index in [0.717, 1.165) is 12.5 Å². The Balaban J connectivity index is 2.21. The van der Waals surface area contributed by atoms with Crippen molar-refractivity contribution in [3.8, 4) is 0 Å². The summed E-state index contributed by atoms with van der Waals surface area (Å²) in [6.07, 6.45) is 9.77. The quantitative estimate of drug-likeness (QED) is 0.414. The molecule has 0 N–H and O–H groups in total. The molecule has 0 amide bonds. The second-order valence-corrected chi connectivity index (χ2v) is 13.8. The maximum atomic E-state index is 6.26. The predicted molar refractivity (Wildman–Crippen MR) is 91.7 cm³/mol. The van der Waals surface area contributed by atoms with Crippen LogP contribution in [0.15, 0.2) is 0 Å². The fraction of sp³-hybridized carbons (Fsp3) is 1.00. The Kier molecular flexibility index (Phi) is 7.09. The Morgan fingerprint density at radius 2 is 1.74 bits per heavy atom. The van der Waals surface area contributed by atoms with E-state index < -0.39 is 8.32 Å². The molecule has 0 bridgehead atoms. The minimum absolute atomic E-state index is 0.332. The first kappa shape index (κ1) is 17.7. The molecule has 1 aliphatic carbocycles. The van der Waals surface area contributed by atoms with Gasteiger partial charge in [-0.15, -0.1) is 0 Å². The van der Waals surface area contributed by atoms with Gasteiger partial charge < -0.3 is 4.43 Å². The van der Waals surface area contributed by atoms with Crippen LogP contribution in [0.3, 0.4) is 0 Å². The summed E-state index contributed by atoms with van der Waals surface area (Å²) in [5.41, 5.74) is 0. The third-order valence-corrected chi connectivity index (χ3v) is 10.4. The predicted octanol–water partition coefficient (Wildman–Crippen LogP) is 6.13. The zero-order valence-corrected chi connectivity index (χ0v) is 16.2. The van der Waals surface area contributed by atoms with Crippen molar-refractivity contribution in [2.75, 3.05) is 6.61 Å². The highest BCUT2D eigenvalue weighted by molar-refractivity contribution is 9.09. The van der Waals surface area contributed by atoms with Gasteiger partial charge in [0.2, 0.25) is 0 Å². The molecule has 1 atom stereocenters. The van der Waals surface area contributed by atoms with Crippen molar-refractivity contribution >= 4 is 24.2 Å². The van der Waals surface area contributed by atoms with Gasteiger partial charge in [0.25, 0.3) is 0 Å². The summed E-state index contributed by atoms with van der Waals surface area (Å²) in [5, 5.41) is 0.332. The standard InChI is InChI=1S/C16H33BrOSi/c1-16(2,3)19(4,5)18-12-11-15(17)13-14-9-7-6-8-10-14/h14-15H,6-13H2,1-5H3. The van der Waals surface area contributed by atoms with Crippen LogP contribution in [-0.4, -0.2) is 19.8 Å². The second kappa shape index (κ2) is 7.60. The van der Waals surface area contributed by atoms with Gasteiger partial charge in [-0.2, -0.15) is 0 Å². The number of hydrogen-bond acceptors (Lipinski definition) is 1. The molecule has 1 unspecified atom stereocenters.